The Labute approximate surface area is 129 Å². The van der Waals surface area contributed by atoms with Crippen LogP contribution in [0.2, 0.25) is 0 Å². The van der Waals surface area contributed by atoms with E-state index in [1.807, 2.05) is 11.8 Å². The first-order valence-electron chi connectivity index (χ1n) is 6.07. The molecule has 1 N–H and O–H groups in total. The molecule has 0 aliphatic carbocycles. The molecule has 3 aromatic carbocycles. The SMILES string of the molecule is Ic1ccc2ccc3c(c2c1)Nc1ccccc1S3. The van der Waals surface area contributed by atoms with Crippen molar-refractivity contribution in [3.63, 3.8) is 0 Å². The molecular weight excluding hydrogens is 365 g/mol. The Morgan fingerprint density at radius 3 is 2.68 bits per heavy atom. The van der Waals surface area contributed by atoms with Gasteiger partial charge in [-0.25, -0.2) is 0 Å². The Morgan fingerprint density at radius 2 is 1.74 bits per heavy atom. The van der Waals surface area contributed by atoms with Crippen molar-refractivity contribution in [3.05, 3.63) is 58.2 Å². The highest BCUT2D eigenvalue weighted by Gasteiger charge is 2.17. The maximum absolute atomic E-state index is 3.59. The van der Waals surface area contributed by atoms with Crippen LogP contribution in [0.3, 0.4) is 0 Å². The second kappa shape index (κ2) is 4.42. The second-order valence-corrected chi connectivity index (χ2v) is 6.86. The molecule has 1 nitrogen and oxygen atoms in total. The molecule has 19 heavy (non-hydrogen) atoms. The van der Waals surface area contributed by atoms with Gasteiger partial charge in [0.15, 0.2) is 0 Å². The van der Waals surface area contributed by atoms with Crippen LogP contribution in [0.4, 0.5) is 11.4 Å². The van der Waals surface area contributed by atoms with Gasteiger partial charge in [-0.15, -0.1) is 0 Å². The fourth-order valence-corrected chi connectivity index (χ4v) is 3.90. The van der Waals surface area contributed by atoms with Gasteiger partial charge in [-0.05, 0) is 58.3 Å². The van der Waals surface area contributed by atoms with Crippen LogP contribution in [0.25, 0.3) is 10.8 Å². The predicted molar refractivity (Wildman–Crippen MR) is 90.5 cm³/mol. The molecule has 0 atom stereocenters. The standard InChI is InChI=1S/C16H10INS/c17-11-7-5-10-6-8-15-16(12(10)9-11)18-13-3-1-2-4-14(13)19-15/h1-9,18H. The van der Waals surface area contributed by atoms with E-state index in [1.54, 1.807) is 0 Å². The summed E-state index contributed by atoms with van der Waals surface area (Å²) in [5, 5.41) is 6.17. The number of nitrogens with one attached hydrogen (secondary N) is 1. The summed E-state index contributed by atoms with van der Waals surface area (Å²) in [5.41, 5.74) is 2.44. The Hall–Kier alpha value is -1.20. The lowest BCUT2D eigenvalue weighted by Gasteiger charge is -2.22. The minimum Gasteiger partial charge on any atom is -0.353 e. The van der Waals surface area contributed by atoms with Gasteiger partial charge >= 0.3 is 0 Å². The van der Waals surface area contributed by atoms with Gasteiger partial charge in [0.05, 0.1) is 11.4 Å². The van der Waals surface area contributed by atoms with Gasteiger partial charge in [0.2, 0.25) is 0 Å². The number of hydrogen-bond acceptors (Lipinski definition) is 2. The first kappa shape index (κ1) is 11.6. The first-order valence-corrected chi connectivity index (χ1v) is 7.97. The molecule has 1 aliphatic heterocycles. The van der Waals surface area contributed by atoms with Crippen molar-refractivity contribution in [1.29, 1.82) is 0 Å². The van der Waals surface area contributed by atoms with Gasteiger partial charge in [0.1, 0.15) is 0 Å². The average molecular weight is 375 g/mol. The van der Waals surface area contributed by atoms with E-state index in [-0.39, 0.29) is 0 Å². The fourth-order valence-electron chi connectivity index (χ4n) is 2.40. The predicted octanol–water partition coefficient (Wildman–Crippen LogP) is 5.65. The third-order valence-electron chi connectivity index (χ3n) is 3.31. The molecule has 3 heteroatoms. The normalized spacial score (nSPS) is 12.7. The molecule has 0 fully saturated rings. The molecule has 0 unspecified atom stereocenters. The van der Waals surface area contributed by atoms with Crippen molar-refractivity contribution in [2.45, 2.75) is 9.79 Å². The van der Waals surface area contributed by atoms with E-state index in [9.17, 15) is 0 Å². The Bertz CT molecular complexity index is 798. The smallest absolute Gasteiger partial charge is 0.0606 e. The molecule has 0 bridgehead atoms. The molecule has 3 aromatic rings. The van der Waals surface area contributed by atoms with Gasteiger partial charge in [0.25, 0.3) is 0 Å². The fraction of sp³-hybridized carbons (Fsp3) is 0. The van der Waals surface area contributed by atoms with E-state index in [1.165, 1.54) is 35.5 Å². The lowest BCUT2D eigenvalue weighted by atomic mass is 10.1. The van der Waals surface area contributed by atoms with E-state index in [0.717, 1.165) is 0 Å². The summed E-state index contributed by atoms with van der Waals surface area (Å²) >= 11 is 4.21. The topological polar surface area (TPSA) is 12.0 Å². The summed E-state index contributed by atoms with van der Waals surface area (Å²) in [6.45, 7) is 0. The number of hydrogen-bond donors (Lipinski definition) is 1. The van der Waals surface area contributed by atoms with Crippen LogP contribution in [0.5, 0.6) is 0 Å². The van der Waals surface area contributed by atoms with Gasteiger partial charge in [-0.2, -0.15) is 0 Å². The van der Waals surface area contributed by atoms with Crippen molar-refractivity contribution in [3.8, 4) is 0 Å². The van der Waals surface area contributed by atoms with Gasteiger partial charge in [-0.3, -0.25) is 0 Å². The van der Waals surface area contributed by atoms with Crippen LogP contribution in [-0.2, 0) is 0 Å². The summed E-state index contributed by atoms with van der Waals surface area (Å²) in [4.78, 5) is 2.59. The number of halogens is 1. The van der Waals surface area contributed by atoms with E-state index in [0.29, 0.717) is 0 Å². The summed E-state index contributed by atoms with van der Waals surface area (Å²) in [6.07, 6.45) is 0. The van der Waals surface area contributed by atoms with E-state index < -0.39 is 0 Å². The average Bonchev–Trinajstić information content (AvgIpc) is 2.45. The number of rotatable bonds is 0. The van der Waals surface area contributed by atoms with Crippen molar-refractivity contribution < 1.29 is 0 Å². The minimum atomic E-state index is 1.20. The summed E-state index contributed by atoms with van der Waals surface area (Å²) < 4.78 is 1.27. The largest absolute Gasteiger partial charge is 0.353 e. The van der Waals surface area contributed by atoms with E-state index in [4.69, 9.17) is 0 Å². The molecule has 0 aromatic heterocycles. The molecule has 0 saturated heterocycles. The maximum Gasteiger partial charge on any atom is 0.0606 e. The lowest BCUT2D eigenvalue weighted by Crippen LogP contribution is -2.00. The summed E-state index contributed by atoms with van der Waals surface area (Å²) in [5.74, 6) is 0. The molecule has 0 spiro atoms. The molecule has 0 amide bonds. The molecule has 0 radical (unpaired) electrons. The molecule has 92 valence electrons. The second-order valence-electron chi connectivity index (χ2n) is 4.53. The number of anilines is 2. The monoisotopic (exact) mass is 375 g/mol. The molecule has 1 aliphatic rings. The molecule has 0 saturated carbocycles. The third kappa shape index (κ3) is 1.92. The lowest BCUT2D eigenvalue weighted by molar-refractivity contribution is 1.33. The molecule has 1 heterocycles. The van der Waals surface area contributed by atoms with E-state index in [2.05, 4.69) is 82.5 Å². The van der Waals surface area contributed by atoms with Crippen molar-refractivity contribution in [2.75, 3.05) is 5.32 Å². The number of benzene rings is 3. The number of para-hydroxylation sites is 1. The summed E-state index contributed by atoms with van der Waals surface area (Å²) in [7, 11) is 0. The maximum atomic E-state index is 3.59. The zero-order valence-corrected chi connectivity index (χ0v) is 13.0. The van der Waals surface area contributed by atoms with Gasteiger partial charge in [0, 0.05) is 18.7 Å². The van der Waals surface area contributed by atoms with Crippen LogP contribution in [0, 0.1) is 3.57 Å². The quantitative estimate of drug-likeness (QED) is 0.399. The van der Waals surface area contributed by atoms with Crippen LogP contribution < -0.4 is 5.32 Å². The summed E-state index contributed by atoms with van der Waals surface area (Å²) in [6, 6.07) is 19.5. The third-order valence-corrected chi connectivity index (χ3v) is 5.12. The van der Waals surface area contributed by atoms with Crippen molar-refractivity contribution in [1.82, 2.24) is 0 Å². The van der Waals surface area contributed by atoms with Crippen molar-refractivity contribution in [2.24, 2.45) is 0 Å². The van der Waals surface area contributed by atoms with Crippen LogP contribution in [-0.4, -0.2) is 0 Å². The van der Waals surface area contributed by atoms with E-state index >= 15 is 0 Å². The van der Waals surface area contributed by atoms with Crippen LogP contribution >= 0.6 is 34.4 Å². The zero-order valence-electron chi connectivity index (χ0n) is 9.98. The van der Waals surface area contributed by atoms with Gasteiger partial charge < -0.3 is 5.32 Å². The highest BCUT2D eigenvalue weighted by atomic mass is 127. The Morgan fingerprint density at radius 1 is 0.895 bits per heavy atom. The van der Waals surface area contributed by atoms with Gasteiger partial charge in [-0.1, -0.05) is 36.0 Å². The van der Waals surface area contributed by atoms with Crippen molar-refractivity contribution >= 4 is 56.5 Å². The minimum absolute atomic E-state index is 1.20. The highest BCUT2D eigenvalue weighted by Crippen LogP contribution is 2.46. The molecular formula is C16H10INS. The van der Waals surface area contributed by atoms with Crippen LogP contribution in [0.15, 0.2) is 64.4 Å². The number of fused-ring (bicyclic) bond motifs is 4. The molecule has 4 rings (SSSR count). The first-order chi connectivity index (χ1) is 9.31. The zero-order chi connectivity index (χ0) is 12.8. The van der Waals surface area contributed by atoms with Crippen LogP contribution in [0.1, 0.15) is 0 Å². The highest BCUT2D eigenvalue weighted by molar-refractivity contribution is 14.1. The Kier molecular flexibility index (Phi) is 2.70. The Balaban J connectivity index is 1.98.